The van der Waals surface area contributed by atoms with Crippen LogP contribution in [0.5, 0.6) is 0 Å². The highest BCUT2D eigenvalue weighted by atomic mass is 19.4. The number of alkyl halides is 3. The van der Waals surface area contributed by atoms with Crippen LogP contribution in [0.25, 0.3) is 27.8 Å². The number of hydrogen-bond acceptors (Lipinski definition) is 4. The average Bonchev–Trinajstić information content (AvgIpc) is 3.33. The lowest BCUT2D eigenvalue weighted by Crippen LogP contribution is -2.27. The Hall–Kier alpha value is -4.21. The van der Waals surface area contributed by atoms with Crippen LogP contribution in [0.3, 0.4) is 0 Å². The molecule has 0 radical (unpaired) electrons. The molecule has 3 aromatic heterocycles. The van der Waals surface area contributed by atoms with E-state index in [0.717, 1.165) is 17.8 Å². The molecule has 0 bridgehead atoms. The standard InChI is InChI=1S/C24H19F3N6O/c1-14(19-5-3-4-12-28-19)29-23(34)15-6-11-20-18(13-15)21-22(31-32(2)30-21)33(20)17-9-7-16(8-10-17)24(25,26)27/h3-14H,1-2H3,(H,29,34)/t14-/m1/s1. The molecule has 1 N–H and O–H groups in total. The second-order valence-corrected chi connectivity index (χ2v) is 7.92. The molecule has 5 aromatic rings. The van der Waals surface area contributed by atoms with Crippen molar-refractivity contribution in [3.8, 4) is 5.69 Å². The van der Waals surface area contributed by atoms with Crippen LogP contribution in [-0.2, 0) is 13.2 Å². The minimum absolute atomic E-state index is 0.278. The zero-order valence-electron chi connectivity index (χ0n) is 18.2. The van der Waals surface area contributed by atoms with E-state index in [1.165, 1.54) is 16.9 Å². The van der Waals surface area contributed by atoms with E-state index >= 15 is 0 Å². The van der Waals surface area contributed by atoms with Gasteiger partial charge in [0, 0.05) is 29.9 Å². The van der Waals surface area contributed by atoms with E-state index in [0.29, 0.717) is 33.3 Å². The molecule has 172 valence electrons. The molecule has 5 rings (SSSR count). The van der Waals surface area contributed by atoms with E-state index in [1.54, 1.807) is 42.1 Å². The molecule has 1 atom stereocenters. The van der Waals surface area contributed by atoms with E-state index in [-0.39, 0.29) is 11.9 Å². The molecule has 0 aliphatic rings. The number of carbonyl (C=O) groups excluding carboxylic acids is 1. The number of fused-ring (bicyclic) bond motifs is 3. The van der Waals surface area contributed by atoms with Crippen molar-refractivity contribution in [2.24, 2.45) is 7.05 Å². The van der Waals surface area contributed by atoms with Gasteiger partial charge < -0.3 is 5.32 Å². The van der Waals surface area contributed by atoms with E-state index in [9.17, 15) is 18.0 Å². The maximum atomic E-state index is 13.0. The SMILES string of the molecule is C[C@@H](NC(=O)c1ccc2c(c1)c1nn(C)nc1n2-c1ccc(C(F)(F)F)cc1)c1ccccn1. The molecule has 10 heteroatoms. The normalized spacial score (nSPS) is 12.9. The Morgan fingerprint density at radius 2 is 1.79 bits per heavy atom. The molecule has 0 fully saturated rings. The number of aromatic nitrogens is 5. The van der Waals surface area contributed by atoms with E-state index in [1.807, 2.05) is 19.1 Å². The fraction of sp³-hybridized carbons (Fsp3) is 0.167. The van der Waals surface area contributed by atoms with Crippen molar-refractivity contribution in [2.45, 2.75) is 19.1 Å². The van der Waals surface area contributed by atoms with Gasteiger partial charge >= 0.3 is 6.18 Å². The summed E-state index contributed by atoms with van der Waals surface area (Å²) in [7, 11) is 1.66. The summed E-state index contributed by atoms with van der Waals surface area (Å²) in [5, 5.41) is 12.4. The number of nitrogens with zero attached hydrogens (tertiary/aromatic N) is 5. The van der Waals surface area contributed by atoms with Crippen LogP contribution in [-0.4, -0.2) is 30.5 Å². The monoisotopic (exact) mass is 464 g/mol. The van der Waals surface area contributed by atoms with Gasteiger partial charge in [0.1, 0.15) is 5.52 Å². The van der Waals surface area contributed by atoms with Gasteiger partial charge in [-0.25, -0.2) is 0 Å². The average molecular weight is 464 g/mol. The quantitative estimate of drug-likeness (QED) is 0.414. The number of rotatable bonds is 4. The van der Waals surface area contributed by atoms with Gasteiger partial charge in [0.05, 0.1) is 22.8 Å². The molecule has 0 saturated heterocycles. The fourth-order valence-corrected chi connectivity index (χ4v) is 3.94. The highest BCUT2D eigenvalue weighted by Crippen LogP contribution is 2.33. The van der Waals surface area contributed by atoms with Gasteiger partial charge in [0.25, 0.3) is 5.91 Å². The third-order valence-corrected chi connectivity index (χ3v) is 5.59. The number of carbonyl (C=O) groups is 1. The van der Waals surface area contributed by atoms with Crippen LogP contribution in [0.2, 0.25) is 0 Å². The number of halogens is 3. The van der Waals surface area contributed by atoms with Crippen molar-refractivity contribution in [1.82, 2.24) is 29.9 Å². The summed E-state index contributed by atoms with van der Waals surface area (Å²) in [5.41, 5.74) is 2.65. The van der Waals surface area contributed by atoms with Crippen LogP contribution in [0.15, 0.2) is 66.9 Å². The topological polar surface area (TPSA) is 77.6 Å². The molecule has 1 amide bonds. The Balaban J connectivity index is 1.56. The van der Waals surface area contributed by atoms with Gasteiger partial charge in [0.15, 0.2) is 5.65 Å². The third-order valence-electron chi connectivity index (χ3n) is 5.59. The van der Waals surface area contributed by atoms with Gasteiger partial charge in [0.2, 0.25) is 0 Å². The number of pyridine rings is 1. The van der Waals surface area contributed by atoms with Gasteiger partial charge in [-0.15, -0.1) is 5.10 Å². The summed E-state index contributed by atoms with van der Waals surface area (Å²) in [4.78, 5) is 18.6. The molecule has 0 spiro atoms. The summed E-state index contributed by atoms with van der Waals surface area (Å²) in [6.45, 7) is 1.85. The van der Waals surface area contributed by atoms with E-state index in [2.05, 4.69) is 20.5 Å². The first-order chi connectivity index (χ1) is 16.2. The van der Waals surface area contributed by atoms with Gasteiger partial charge in [-0.1, -0.05) is 6.07 Å². The first-order valence-corrected chi connectivity index (χ1v) is 10.5. The Morgan fingerprint density at radius 1 is 1.03 bits per heavy atom. The van der Waals surface area contributed by atoms with Crippen LogP contribution >= 0.6 is 0 Å². The van der Waals surface area contributed by atoms with Crippen LogP contribution < -0.4 is 5.32 Å². The zero-order chi connectivity index (χ0) is 24.0. The second-order valence-electron chi connectivity index (χ2n) is 7.92. The molecule has 2 aromatic carbocycles. The fourth-order valence-electron chi connectivity index (χ4n) is 3.94. The lowest BCUT2D eigenvalue weighted by Gasteiger charge is -2.13. The number of benzene rings is 2. The van der Waals surface area contributed by atoms with Crippen molar-refractivity contribution in [3.05, 3.63) is 83.7 Å². The predicted molar refractivity (Wildman–Crippen MR) is 120 cm³/mol. The first kappa shape index (κ1) is 21.6. The molecule has 0 saturated carbocycles. The summed E-state index contributed by atoms with van der Waals surface area (Å²) in [6.07, 6.45) is -2.76. The lowest BCUT2D eigenvalue weighted by molar-refractivity contribution is -0.137. The van der Waals surface area contributed by atoms with E-state index < -0.39 is 11.7 Å². The van der Waals surface area contributed by atoms with Crippen molar-refractivity contribution in [3.63, 3.8) is 0 Å². The van der Waals surface area contributed by atoms with Gasteiger partial charge in [-0.05, 0) is 61.5 Å². The Kier molecular flexibility index (Phi) is 5.07. The minimum Gasteiger partial charge on any atom is -0.344 e. The molecule has 3 heterocycles. The molecule has 34 heavy (non-hydrogen) atoms. The predicted octanol–water partition coefficient (Wildman–Crippen LogP) is 4.82. The number of amides is 1. The number of nitrogens with one attached hydrogen (secondary N) is 1. The number of aryl methyl sites for hydroxylation is 1. The molecular weight excluding hydrogens is 445 g/mol. The molecule has 0 unspecified atom stereocenters. The number of hydrogen-bond donors (Lipinski definition) is 1. The van der Waals surface area contributed by atoms with Crippen LogP contribution in [0, 0.1) is 0 Å². The van der Waals surface area contributed by atoms with Crippen LogP contribution in [0.4, 0.5) is 13.2 Å². The van der Waals surface area contributed by atoms with Crippen molar-refractivity contribution in [2.75, 3.05) is 0 Å². The molecule has 0 aliphatic heterocycles. The third kappa shape index (κ3) is 3.76. The minimum atomic E-state index is -4.42. The van der Waals surface area contributed by atoms with Crippen molar-refractivity contribution < 1.29 is 18.0 Å². The Bertz CT molecular complexity index is 1500. The van der Waals surface area contributed by atoms with Crippen molar-refractivity contribution >= 4 is 28.0 Å². The Labute approximate surface area is 191 Å². The van der Waals surface area contributed by atoms with Gasteiger partial charge in [-0.3, -0.25) is 14.3 Å². The van der Waals surface area contributed by atoms with Crippen molar-refractivity contribution in [1.29, 1.82) is 0 Å². The zero-order valence-corrected chi connectivity index (χ0v) is 18.2. The van der Waals surface area contributed by atoms with Gasteiger partial charge in [-0.2, -0.15) is 23.1 Å². The molecular formula is C24H19F3N6O. The van der Waals surface area contributed by atoms with Crippen LogP contribution in [0.1, 0.15) is 34.6 Å². The molecule has 0 aliphatic carbocycles. The summed E-state index contributed by atoms with van der Waals surface area (Å²) >= 11 is 0. The largest absolute Gasteiger partial charge is 0.416 e. The maximum absolute atomic E-state index is 13.0. The summed E-state index contributed by atoms with van der Waals surface area (Å²) in [6, 6.07) is 15.2. The second kappa shape index (κ2) is 7.98. The highest BCUT2D eigenvalue weighted by molar-refractivity contribution is 6.08. The first-order valence-electron chi connectivity index (χ1n) is 10.5. The Morgan fingerprint density at radius 3 is 2.47 bits per heavy atom. The summed E-state index contributed by atoms with van der Waals surface area (Å²) in [5.74, 6) is -0.278. The summed E-state index contributed by atoms with van der Waals surface area (Å²) < 4.78 is 40.8. The van der Waals surface area contributed by atoms with E-state index in [4.69, 9.17) is 0 Å². The highest BCUT2D eigenvalue weighted by Gasteiger charge is 2.30. The molecule has 7 nitrogen and oxygen atoms in total. The smallest absolute Gasteiger partial charge is 0.344 e. The lowest BCUT2D eigenvalue weighted by atomic mass is 10.1. The maximum Gasteiger partial charge on any atom is 0.416 e.